The maximum absolute atomic E-state index is 13.2. The second-order valence-electron chi connectivity index (χ2n) is 7.99. The van der Waals surface area contributed by atoms with E-state index < -0.39 is 17.7 Å². The topological polar surface area (TPSA) is 88.0 Å². The number of amides is 1. The van der Waals surface area contributed by atoms with Crippen LogP contribution in [-0.4, -0.2) is 31.1 Å². The molecule has 0 radical (unpaired) electrons. The predicted molar refractivity (Wildman–Crippen MR) is 125 cm³/mol. The van der Waals surface area contributed by atoms with Gasteiger partial charge in [-0.2, -0.15) is 0 Å². The highest BCUT2D eigenvalue weighted by Crippen LogP contribution is 2.41. The molecule has 7 nitrogen and oxygen atoms in total. The summed E-state index contributed by atoms with van der Waals surface area (Å²) >= 11 is 3.46. The molecule has 1 saturated heterocycles. The Kier molecular flexibility index (Phi) is 5.17. The lowest BCUT2D eigenvalue weighted by atomic mass is 9.96. The van der Waals surface area contributed by atoms with Crippen molar-refractivity contribution < 1.29 is 19.1 Å². The van der Waals surface area contributed by atoms with E-state index >= 15 is 0 Å². The highest BCUT2D eigenvalue weighted by atomic mass is 79.9. The summed E-state index contributed by atoms with van der Waals surface area (Å²) in [6, 6.07) is 13.8. The average Bonchev–Trinajstić information content (AvgIpc) is 3.49. The Balaban J connectivity index is 1.72. The van der Waals surface area contributed by atoms with Gasteiger partial charge in [-0.1, -0.05) is 34.1 Å². The third kappa shape index (κ3) is 3.47. The first-order valence-electron chi connectivity index (χ1n) is 10.4. The van der Waals surface area contributed by atoms with Gasteiger partial charge in [0.2, 0.25) is 0 Å². The summed E-state index contributed by atoms with van der Waals surface area (Å²) in [6.45, 7) is 3.84. The number of ketones is 1. The molecule has 1 aliphatic heterocycles. The van der Waals surface area contributed by atoms with Crippen molar-refractivity contribution in [3.05, 3.63) is 99.3 Å². The fourth-order valence-corrected chi connectivity index (χ4v) is 4.73. The van der Waals surface area contributed by atoms with E-state index in [2.05, 4.69) is 20.9 Å². The highest BCUT2D eigenvalue weighted by molar-refractivity contribution is 9.10. The van der Waals surface area contributed by atoms with Crippen molar-refractivity contribution in [3.8, 4) is 0 Å². The Morgan fingerprint density at radius 2 is 1.97 bits per heavy atom. The van der Waals surface area contributed by atoms with Gasteiger partial charge in [-0.25, -0.2) is 4.98 Å². The number of aromatic nitrogens is 2. The van der Waals surface area contributed by atoms with Gasteiger partial charge in [-0.3, -0.25) is 9.59 Å². The molecule has 3 aromatic heterocycles. The molecule has 1 aliphatic rings. The van der Waals surface area contributed by atoms with Gasteiger partial charge in [0.05, 0.1) is 30.1 Å². The van der Waals surface area contributed by atoms with Crippen LogP contribution in [0.4, 0.5) is 0 Å². The summed E-state index contributed by atoms with van der Waals surface area (Å²) in [6.07, 6.45) is 3.37. The molecule has 4 aromatic rings. The molecule has 8 heteroatoms. The van der Waals surface area contributed by atoms with Crippen molar-refractivity contribution in [1.82, 2.24) is 14.3 Å². The number of fused-ring (bicyclic) bond motifs is 1. The number of imidazole rings is 1. The predicted octanol–water partition coefficient (Wildman–Crippen LogP) is 4.93. The summed E-state index contributed by atoms with van der Waals surface area (Å²) in [5.41, 5.74) is 3.27. The maximum Gasteiger partial charge on any atom is 0.296 e. The molecule has 1 N–H and O–H groups in total. The van der Waals surface area contributed by atoms with Crippen molar-refractivity contribution in [2.45, 2.75) is 26.4 Å². The first kappa shape index (κ1) is 21.2. The van der Waals surface area contributed by atoms with Crippen LogP contribution < -0.4 is 0 Å². The van der Waals surface area contributed by atoms with Gasteiger partial charge < -0.3 is 18.8 Å². The molecule has 0 bridgehead atoms. The SMILES string of the molecule is Cc1cccn2c(C)c(/C(O)=C3\C(=O)C(=O)N(Cc4ccco4)C3c3cccc(Br)c3)nc12. The van der Waals surface area contributed by atoms with E-state index in [0.29, 0.717) is 22.7 Å². The van der Waals surface area contributed by atoms with E-state index in [9.17, 15) is 14.7 Å². The van der Waals surface area contributed by atoms with E-state index in [4.69, 9.17) is 4.42 Å². The molecule has 4 heterocycles. The Labute approximate surface area is 198 Å². The fraction of sp³-hybridized carbons (Fsp3) is 0.160. The van der Waals surface area contributed by atoms with E-state index in [-0.39, 0.29) is 23.6 Å². The molecule has 1 atom stereocenters. The molecule has 33 heavy (non-hydrogen) atoms. The zero-order valence-electron chi connectivity index (χ0n) is 17.9. The number of hydrogen-bond acceptors (Lipinski definition) is 5. The second kappa shape index (κ2) is 8.04. The van der Waals surface area contributed by atoms with E-state index in [1.807, 2.05) is 60.8 Å². The number of likely N-dealkylation sites (tertiary alicyclic amines) is 1. The van der Waals surface area contributed by atoms with Crippen molar-refractivity contribution in [2.24, 2.45) is 0 Å². The van der Waals surface area contributed by atoms with Crippen LogP contribution in [0.5, 0.6) is 0 Å². The largest absolute Gasteiger partial charge is 0.505 e. The number of aryl methyl sites for hydroxylation is 2. The van der Waals surface area contributed by atoms with Gasteiger partial charge in [-0.05, 0) is 55.3 Å². The minimum absolute atomic E-state index is 0.00816. The highest BCUT2D eigenvalue weighted by Gasteiger charge is 2.47. The molecule has 5 rings (SSSR count). The molecule has 0 aliphatic carbocycles. The number of Topliss-reactive ketones (excluding diaryl/α,β-unsaturated/α-hetero) is 1. The van der Waals surface area contributed by atoms with Crippen molar-refractivity contribution in [3.63, 3.8) is 0 Å². The number of rotatable bonds is 4. The van der Waals surface area contributed by atoms with Crippen molar-refractivity contribution >= 4 is 39.0 Å². The van der Waals surface area contributed by atoms with Crippen LogP contribution >= 0.6 is 15.9 Å². The number of hydrogen-bond donors (Lipinski definition) is 1. The maximum atomic E-state index is 13.2. The number of furan rings is 1. The molecule has 166 valence electrons. The molecule has 1 aromatic carbocycles. The number of aliphatic hydroxyl groups excluding tert-OH is 1. The van der Waals surface area contributed by atoms with Gasteiger partial charge in [0.15, 0.2) is 5.76 Å². The zero-order chi connectivity index (χ0) is 23.3. The fourth-order valence-electron chi connectivity index (χ4n) is 4.31. The van der Waals surface area contributed by atoms with Crippen molar-refractivity contribution in [1.29, 1.82) is 0 Å². The molecular formula is C25H20BrN3O4. The quantitative estimate of drug-likeness (QED) is 0.241. The smallest absolute Gasteiger partial charge is 0.296 e. The molecular weight excluding hydrogens is 486 g/mol. The summed E-state index contributed by atoms with van der Waals surface area (Å²) < 4.78 is 8.08. The number of aliphatic hydroxyl groups is 1. The van der Waals surface area contributed by atoms with Crippen LogP contribution in [0, 0.1) is 13.8 Å². The number of benzene rings is 1. The molecule has 0 saturated carbocycles. The Morgan fingerprint density at radius 1 is 1.15 bits per heavy atom. The Morgan fingerprint density at radius 3 is 2.67 bits per heavy atom. The minimum atomic E-state index is -0.794. The standard InChI is InChI=1S/C25H20BrN3O4/c1-14-6-4-10-28-15(2)20(27-24(14)28)22(30)19-21(16-7-3-8-17(26)12-16)29(25(32)23(19)31)13-18-9-5-11-33-18/h3-12,21,30H,13H2,1-2H3/b22-19+. The molecule has 1 unspecified atom stereocenters. The van der Waals surface area contributed by atoms with Crippen LogP contribution in [0.15, 0.2) is 75.5 Å². The van der Waals surface area contributed by atoms with Crippen LogP contribution in [-0.2, 0) is 16.1 Å². The number of pyridine rings is 1. The monoisotopic (exact) mass is 505 g/mol. The molecule has 1 fully saturated rings. The van der Waals surface area contributed by atoms with Gasteiger partial charge in [0.25, 0.3) is 11.7 Å². The first-order chi connectivity index (χ1) is 15.9. The van der Waals surface area contributed by atoms with Gasteiger partial charge >= 0.3 is 0 Å². The zero-order valence-corrected chi connectivity index (χ0v) is 19.5. The molecule has 0 spiro atoms. The Hall–Kier alpha value is -3.65. The number of halogens is 1. The van der Waals surface area contributed by atoms with Crippen LogP contribution in [0.2, 0.25) is 0 Å². The Bertz CT molecular complexity index is 1440. The third-order valence-electron chi connectivity index (χ3n) is 5.92. The summed E-state index contributed by atoms with van der Waals surface area (Å²) in [5.74, 6) is -1.20. The van der Waals surface area contributed by atoms with Crippen LogP contribution in [0.1, 0.15) is 34.3 Å². The van der Waals surface area contributed by atoms with Crippen LogP contribution in [0.3, 0.4) is 0 Å². The summed E-state index contributed by atoms with van der Waals surface area (Å²) in [4.78, 5) is 32.4. The van der Waals surface area contributed by atoms with Gasteiger partial charge in [0.1, 0.15) is 17.1 Å². The third-order valence-corrected chi connectivity index (χ3v) is 6.41. The number of carbonyl (C=O) groups excluding carboxylic acids is 2. The first-order valence-corrected chi connectivity index (χ1v) is 11.2. The summed E-state index contributed by atoms with van der Waals surface area (Å²) in [5, 5.41) is 11.4. The summed E-state index contributed by atoms with van der Waals surface area (Å²) in [7, 11) is 0. The minimum Gasteiger partial charge on any atom is -0.505 e. The van der Waals surface area contributed by atoms with Gasteiger partial charge in [-0.15, -0.1) is 0 Å². The molecule has 1 amide bonds. The second-order valence-corrected chi connectivity index (χ2v) is 8.91. The number of carbonyl (C=O) groups is 2. The van der Waals surface area contributed by atoms with E-state index in [0.717, 1.165) is 10.0 Å². The average molecular weight is 506 g/mol. The van der Waals surface area contributed by atoms with Crippen LogP contribution in [0.25, 0.3) is 11.4 Å². The van der Waals surface area contributed by atoms with Crippen molar-refractivity contribution in [2.75, 3.05) is 0 Å². The lowest BCUT2D eigenvalue weighted by molar-refractivity contribution is -0.140. The lowest BCUT2D eigenvalue weighted by Gasteiger charge is -2.24. The number of nitrogens with zero attached hydrogens (tertiary/aromatic N) is 3. The van der Waals surface area contributed by atoms with Gasteiger partial charge in [0, 0.05) is 10.7 Å². The lowest BCUT2D eigenvalue weighted by Crippen LogP contribution is -2.29. The normalized spacial score (nSPS) is 17.9. The van der Waals surface area contributed by atoms with E-state index in [1.165, 1.54) is 11.2 Å². The van der Waals surface area contributed by atoms with E-state index in [1.54, 1.807) is 12.1 Å².